The molecule has 0 saturated heterocycles. The van der Waals surface area contributed by atoms with Crippen molar-refractivity contribution in [2.45, 2.75) is 0 Å². The van der Waals surface area contributed by atoms with Crippen LogP contribution in [-0.2, 0) is 0 Å². The maximum atomic E-state index is 13.7. The third-order valence-electron chi connectivity index (χ3n) is 2.01. The molecule has 0 radical (unpaired) electrons. The molecule has 2 rings (SSSR count). The van der Waals surface area contributed by atoms with E-state index in [0.717, 1.165) is 0 Å². The number of aromatic nitrogens is 1. The van der Waals surface area contributed by atoms with Gasteiger partial charge in [0.05, 0.1) is 4.47 Å². The third kappa shape index (κ3) is 2.16. The molecule has 2 aromatic rings. The van der Waals surface area contributed by atoms with Crippen LogP contribution in [0.2, 0.25) is 0 Å². The third-order valence-corrected chi connectivity index (χ3v) is 2.88. The molecule has 1 heterocycles. The number of hydrogen-bond donors (Lipinski definition) is 1. The molecule has 0 saturated carbocycles. The fourth-order valence-corrected chi connectivity index (χ4v) is 1.87. The lowest BCUT2D eigenvalue weighted by atomic mass is 10.1. The Kier molecular flexibility index (Phi) is 2.98. The summed E-state index contributed by atoms with van der Waals surface area (Å²) in [6.07, 6.45) is 1.71. The van der Waals surface area contributed by atoms with Crippen molar-refractivity contribution in [3.05, 3.63) is 51.3 Å². The number of rotatable bonds is 1. The number of aromatic amines is 1. The smallest absolute Gasteiger partial charge is 0.146 e. The van der Waals surface area contributed by atoms with Gasteiger partial charge >= 0.3 is 0 Å². The van der Waals surface area contributed by atoms with E-state index in [0.29, 0.717) is 20.2 Å². The monoisotopic (exact) mass is 283 g/mol. The summed E-state index contributed by atoms with van der Waals surface area (Å²) >= 11 is 8.17. The largest absolute Gasteiger partial charge is 0.361 e. The standard InChI is InChI=1S/C11H7BrFNS/c12-9-3-1-2-8(11(9)13)10-6-7(15)4-5-14-10/h1-6H,(H,14,15). The van der Waals surface area contributed by atoms with Crippen molar-refractivity contribution in [3.63, 3.8) is 0 Å². The van der Waals surface area contributed by atoms with Gasteiger partial charge in [-0.25, -0.2) is 4.39 Å². The maximum absolute atomic E-state index is 13.7. The molecular weight excluding hydrogens is 277 g/mol. The van der Waals surface area contributed by atoms with E-state index in [1.165, 1.54) is 0 Å². The molecule has 1 nitrogen and oxygen atoms in total. The highest BCUT2D eigenvalue weighted by Gasteiger charge is 2.07. The topological polar surface area (TPSA) is 15.8 Å². The molecule has 0 unspecified atom stereocenters. The van der Waals surface area contributed by atoms with Crippen LogP contribution in [0.15, 0.2) is 41.0 Å². The molecule has 0 amide bonds. The fourth-order valence-electron chi connectivity index (χ4n) is 1.31. The van der Waals surface area contributed by atoms with Gasteiger partial charge in [-0.3, -0.25) is 0 Å². The number of pyridine rings is 1. The van der Waals surface area contributed by atoms with Crippen molar-refractivity contribution >= 4 is 28.1 Å². The second-order valence-corrected chi connectivity index (χ2v) is 4.37. The summed E-state index contributed by atoms with van der Waals surface area (Å²) in [5.74, 6) is -0.283. The van der Waals surface area contributed by atoms with E-state index in [-0.39, 0.29) is 5.82 Å². The average Bonchev–Trinajstić information content (AvgIpc) is 2.22. The Hall–Kier alpha value is -1.00. The van der Waals surface area contributed by atoms with Crippen LogP contribution < -0.4 is 0 Å². The van der Waals surface area contributed by atoms with Crippen molar-refractivity contribution in [2.75, 3.05) is 0 Å². The van der Waals surface area contributed by atoms with Crippen LogP contribution in [-0.4, -0.2) is 4.98 Å². The Bertz CT molecular complexity index is 550. The van der Waals surface area contributed by atoms with Gasteiger partial charge in [0.2, 0.25) is 0 Å². The molecule has 15 heavy (non-hydrogen) atoms. The zero-order valence-corrected chi connectivity index (χ0v) is 10.0. The van der Waals surface area contributed by atoms with E-state index < -0.39 is 0 Å². The van der Waals surface area contributed by atoms with Crippen LogP contribution in [0.4, 0.5) is 4.39 Å². The van der Waals surface area contributed by atoms with Crippen molar-refractivity contribution in [2.24, 2.45) is 0 Å². The number of halogens is 2. The van der Waals surface area contributed by atoms with Crippen molar-refractivity contribution in [1.82, 2.24) is 4.98 Å². The Morgan fingerprint density at radius 1 is 1.27 bits per heavy atom. The summed E-state index contributed by atoms with van der Waals surface area (Å²) in [5.41, 5.74) is 1.19. The zero-order valence-electron chi connectivity index (χ0n) is 7.63. The van der Waals surface area contributed by atoms with Gasteiger partial charge in [-0.2, -0.15) is 0 Å². The van der Waals surface area contributed by atoms with Gasteiger partial charge in [0.25, 0.3) is 0 Å². The lowest BCUT2D eigenvalue weighted by Crippen LogP contribution is -1.88. The fraction of sp³-hybridized carbons (Fsp3) is 0. The first-order chi connectivity index (χ1) is 7.18. The quantitative estimate of drug-likeness (QED) is 0.771. The minimum absolute atomic E-state index is 0.283. The highest BCUT2D eigenvalue weighted by atomic mass is 79.9. The van der Waals surface area contributed by atoms with Crippen LogP contribution in [0.1, 0.15) is 0 Å². The molecule has 0 fully saturated rings. The van der Waals surface area contributed by atoms with Crippen LogP contribution in [0.3, 0.4) is 0 Å². The van der Waals surface area contributed by atoms with E-state index in [2.05, 4.69) is 20.9 Å². The number of benzene rings is 1. The van der Waals surface area contributed by atoms with Gasteiger partial charge in [0.1, 0.15) is 5.82 Å². The summed E-state index contributed by atoms with van der Waals surface area (Å²) in [6.45, 7) is 0. The molecule has 0 aliphatic heterocycles. The SMILES string of the molecule is Fc1c(Br)cccc1-c1cc(=S)cc[nH]1. The number of nitrogens with one attached hydrogen (secondary N) is 1. The van der Waals surface area contributed by atoms with Crippen LogP contribution in [0.25, 0.3) is 11.3 Å². The minimum Gasteiger partial charge on any atom is -0.361 e. The first-order valence-corrected chi connectivity index (χ1v) is 5.52. The molecule has 0 aliphatic rings. The zero-order chi connectivity index (χ0) is 10.8. The Morgan fingerprint density at radius 3 is 2.80 bits per heavy atom. The summed E-state index contributed by atoms with van der Waals surface area (Å²) in [7, 11) is 0. The molecule has 76 valence electrons. The van der Waals surface area contributed by atoms with Gasteiger partial charge in [-0.15, -0.1) is 0 Å². The normalized spacial score (nSPS) is 10.3. The van der Waals surface area contributed by atoms with E-state index in [4.69, 9.17) is 12.2 Å². The second-order valence-electron chi connectivity index (χ2n) is 3.04. The highest BCUT2D eigenvalue weighted by molar-refractivity contribution is 9.10. The van der Waals surface area contributed by atoms with Gasteiger partial charge < -0.3 is 4.98 Å². The van der Waals surface area contributed by atoms with Crippen LogP contribution in [0, 0.1) is 10.3 Å². The van der Waals surface area contributed by atoms with Crippen LogP contribution in [0.5, 0.6) is 0 Å². The van der Waals surface area contributed by atoms with Crippen molar-refractivity contribution in [3.8, 4) is 11.3 Å². The molecule has 0 bridgehead atoms. The summed E-state index contributed by atoms with van der Waals surface area (Å²) in [4.78, 5) is 2.97. The predicted octanol–water partition coefficient (Wildman–Crippen LogP) is 4.31. The number of H-pyrrole nitrogens is 1. The van der Waals surface area contributed by atoms with Gasteiger partial charge in [-0.05, 0) is 40.2 Å². The van der Waals surface area contributed by atoms with Gasteiger partial charge in [0, 0.05) is 22.0 Å². The molecule has 0 spiro atoms. The van der Waals surface area contributed by atoms with Gasteiger partial charge in [-0.1, -0.05) is 18.3 Å². The lowest BCUT2D eigenvalue weighted by Gasteiger charge is -2.04. The van der Waals surface area contributed by atoms with E-state index in [1.54, 1.807) is 36.5 Å². The van der Waals surface area contributed by atoms with Crippen molar-refractivity contribution < 1.29 is 4.39 Å². The van der Waals surface area contributed by atoms with E-state index >= 15 is 0 Å². The maximum Gasteiger partial charge on any atom is 0.146 e. The first kappa shape index (κ1) is 10.5. The second kappa shape index (κ2) is 4.24. The van der Waals surface area contributed by atoms with E-state index in [1.807, 2.05) is 0 Å². The summed E-state index contributed by atoms with van der Waals surface area (Å²) in [6, 6.07) is 8.65. The van der Waals surface area contributed by atoms with E-state index in [9.17, 15) is 4.39 Å². The number of hydrogen-bond acceptors (Lipinski definition) is 1. The van der Waals surface area contributed by atoms with Gasteiger partial charge in [0.15, 0.2) is 0 Å². The molecular formula is C11H7BrFNS. The predicted molar refractivity (Wildman–Crippen MR) is 64.7 cm³/mol. The molecule has 0 atom stereocenters. The molecule has 1 N–H and O–H groups in total. The minimum atomic E-state index is -0.283. The molecule has 4 heteroatoms. The molecule has 0 aliphatic carbocycles. The Labute approximate surface area is 100 Å². The average molecular weight is 284 g/mol. The summed E-state index contributed by atoms with van der Waals surface area (Å²) in [5, 5.41) is 0. The van der Waals surface area contributed by atoms with Crippen LogP contribution >= 0.6 is 28.1 Å². The molecule has 1 aromatic heterocycles. The van der Waals surface area contributed by atoms with Crippen molar-refractivity contribution in [1.29, 1.82) is 0 Å². The first-order valence-electron chi connectivity index (χ1n) is 4.31. The lowest BCUT2D eigenvalue weighted by molar-refractivity contribution is 0.624. The molecule has 1 aromatic carbocycles. The highest BCUT2D eigenvalue weighted by Crippen LogP contribution is 2.26. The summed E-state index contributed by atoms with van der Waals surface area (Å²) < 4.78 is 14.8. The Balaban J connectivity index is 2.64. The Morgan fingerprint density at radius 2 is 2.07 bits per heavy atom.